The molecule has 0 aromatic heterocycles. The molecule has 0 unspecified atom stereocenters. The fourth-order valence-corrected chi connectivity index (χ4v) is 3.67. The summed E-state index contributed by atoms with van der Waals surface area (Å²) in [6.45, 7) is 6.43. The number of fused-ring (bicyclic) bond motifs is 1. The van der Waals surface area contributed by atoms with Gasteiger partial charge in [0.1, 0.15) is 0 Å². The Kier molecular flexibility index (Phi) is 4.35. The summed E-state index contributed by atoms with van der Waals surface area (Å²) in [6.07, 6.45) is 2.03. The van der Waals surface area contributed by atoms with E-state index in [-0.39, 0.29) is 11.5 Å². The minimum absolute atomic E-state index is 0.0744. The van der Waals surface area contributed by atoms with Crippen molar-refractivity contribution in [1.29, 1.82) is 0 Å². The average molecular weight is 323 g/mol. The monoisotopic (exact) mass is 323 g/mol. The van der Waals surface area contributed by atoms with Crippen molar-refractivity contribution in [1.82, 2.24) is 5.32 Å². The first-order valence-corrected chi connectivity index (χ1v) is 8.62. The lowest BCUT2D eigenvalue weighted by Gasteiger charge is -2.40. The quantitative estimate of drug-likeness (QED) is 0.816. The van der Waals surface area contributed by atoms with Gasteiger partial charge in [0.05, 0.1) is 6.04 Å². The van der Waals surface area contributed by atoms with E-state index in [2.05, 4.69) is 68.6 Å². The molecule has 0 heterocycles. The number of nitrogens with one attached hydrogen (secondary N) is 1. The van der Waals surface area contributed by atoms with Crippen LogP contribution >= 0.6 is 0 Å². The number of amides is 1. The van der Waals surface area contributed by atoms with Crippen molar-refractivity contribution >= 4 is 6.09 Å². The van der Waals surface area contributed by atoms with Gasteiger partial charge in [0.2, 0.25) is 0 Å². The molecule has 3 heteroatoms. The Morgan fingerprint density at radius 2 is 1.96 bits per heavy atom. The largest absolute Gasteiger partial charge is 0.465 e. The number of carboxylic acid groups (broad SMARTS) is 1. The molecule has 126 valence electrons. The topological polar surface area (TPSA) is 49.3 Å². The molecule has 3 nitrogen and oxygen atoms in total. The fourth-order valence-electron chi connectivity index (χ4n) is 3.67. The molecule has 2 aromatic carbocycles. The second-order valence-electron chi connectivity index (χ2n) is 7.34. The van der Waals surface area contributed by atoms with Crippen molar-refractivity contribution < 1.29 is 9.90 Å². The second kappa shape index (κ2) is 6.31. The van der Waals surface area contributed by atoms with Crippen LogP contribution in [0.3, 0.4) is 0 Å². The zero-order valence-corrected chi connectivity index (χ0v) is 14.6. The maximum atomic E-state index is 11.2. The minimum atomic E-state index is -0.958. The van der Waals surface area contributed by atoms with Gasteiger partial charge in [0.25, 0.3) is 0 Å². The summed E-state index contributed by atoms with van der Waals surface area (Å²) in [5.74, 6) is 0. The summed E-state index contributed by atoms with van der Waals surface area (Å²) in [5, 5.41) is 11.9. The Morgan fingerprint density at radius 3 is 2.67 bits per heavy atom. The van der Waals surface area contributed by atoms with E-state index >= 15 is 0 Å². The Hall–Kier alpha value is -2.29. The van der Waals surface area contributed by atoms with Crippen LogP contribution in [-0.2, 0) is 12.8 Å². The molecule has 0 bridgehead atoms. The van der Waals surface area contributed by atoms with Crippen LogP contribution in [0.4, 0.5) is 4.79 Å². The normalized spacial score (nSPS) is 18.7. The van der Waals surface area contributed by atoms with Crippen molar-refractivity contribution in [3.8, 4) is 11.1 Å². The van der Waals surface area contributed by atoms with Crippen LogP contribution in [0.25, 0.3) is 11.1 Å². The number of aryl methyl sites for hydroxylation is 2. The molecule has 1 amide bonds. The van der Waals surface area contributed by atoms with Gasteiger partial charge in [-0.3, -0.25) is 0 Å². The summed E-state index contributed by atoms with van der Waals surface area (Å²) < 4.78 is 0. The van der Waals surface area contributed by atoms with Crippen molar-refractivity contribution in [3.05, 3.63) is 59.2 Å². The SMILES string of the molecule is CCc1cccc(-c2ccc3c(c2)CCC(C)(C)[C@@H]3NC(=O)O)c1. The molecule has 3 rings (SSSR count). The molecule has 1 aliphatic rings. The Morgan fingerprint density at radius 1 is 1.21 bits per heavy atom. The third kappa shape index (κ3) is 3.16. The van der Waals surface area contributed by atoms with Crippen LogP contribution in [0.1, 0.15) is 49.9 Å². The van der Waals surface area contributed by atoms with Gasteiger partial charge < -0.3 is 10.4 Å². The molecule has 0 spiro atoms. The summed E-state index contributed by atoms with van der Waals surface area (Å²) in [5.41, 5.74) is 6.06. The maximum Gasteiger partial charge on any atom is 0.405 e. The third-order valence-corrected chi connectivity index (χ3v) is 5.21. The van der Waals surface area contributed by atoms with Crippen LogP contribution in [-0.4, -0.2) is 11.2 Å². The molecule has 1 atom stereocenters. The first-order chi connectivity index (χ1) is 11.4. The summed E-state index contributed by atoms with van der Waals surface area (Å²) in [7, 11) is 0. The summed E-state index contributed by atoms with van der Waals surface area (Å²) >= 11 is 0. The highest BCUT2D eigenvalue weighted by molar-refractivity contribution is 5.68. The summed E-state index contributed by atoms with van der Waals surface area (Å²) in [6, 6.07) is 14.9. The van der Waals surface area contributed by atoms with E-state index < -0.39 is 6.09 Å². The molecule has 0 saturated heterocycles. The maximum absolute atomic E-state index is 11.2. The molecular weight excluding hydrogens is 298 g/mol. The molecule has 0 fully saturated rings. The highest BCUT2D eigenvalue weighted by Crippen LogP contribution is 2.44. The van der Waals surface area contributed by atoms with Gasteiger partial charge >= 0.3 is 6.09 Å². The molecule has 0 aliphatic heterocycles. The van der Waals surface area contributed by atoms with Gasteiger partial charge in [-0.1, -0.05) is 63.2 Å². The van der Waals surface area contributed by atoms with Gasteiger partial charge in [-0.2, -0.15) is 0 Å². The van der Waals surface area contributed by atoms with Crippen molar-refractivity contribution in [2.45, 2.75) is 46.1 Å². The molecule has 0 saturated carbocycles. The van der Waals surface area contributed by atoms with Gasteiger partial charge in [0, 0.05) is 0 Å². The van der Waals surface area contributed by atoms with E-state index in [9.17, 15) is 9.90 Å². The number of benzene rings is 2. The van der Waals surface area contributed by atoms with Gasteiger partial charge in [-0.15, -0.1) is 0 Å². The fraction of sp³-hybridized carbons (Fsp3) is 0.381. The number of rotatable bonds is 3. The number of hydrogen-bond acceptors (Lipinski definition) is 1. The lowest BCUT2D eigenvalue weighted by atomic mass is 9.70. The molecular formula is C21H25NO2. The molecule has 0 radical (unpaired) electrons. The predicted molar refractivity (Wildman–Crippen MR) is 97.3 cm³/mol. The average Bonchev–Trinajstić information content (AvgIpc) is 2.57. The Bertz CT molecular complexity index is 764. The molecule has 1 aliphatic carbocycles. The molecule has 24 heavy (non-hydrogen) atoms. The highest BCUT2D eigenvalue weighted by atomic mass is 16.4. The smallest absolute Gasteiger partial charge is 0.405 e. The highest BCUT2D eigenvalue weighted by Gasteiger charge is 2.36. The minimum Gasteiger partial charge on any atom is -0.465 e. The first kappa shape index (κ1) is 16.6. The van der Waals surface area contributed by atoms with E-state index in [1.807, 2.05) is 0 Å². The Labute approximate surface area is 143 Å². The standard InChI is InChI=1S/C21H25NO2/c1-4-14-6-5-7-15(12-14)16-8-9-18-17(13-16)10-11-21(2,3)19(18)22-20(23)24/h5-9,12-13,19,22H,4,10-11H2,1-3H3,(H,23,24)/t19-/m1/s1. The second-order valence-corrected chi connectivity index (χ2v) is 7.34. The van der Waals surface area contributed by atoms with Crippen molar-refractivity contribution in [2.75, 3.05) is 0 Å². The first-order valence-electron chi connectivity index (χ1n) is 8.62. The number of hydrogen-bond donors (Lipinski definition) is 2. The third-order valence-electron chi connectivity index (χ3n) is 5.21. The van der Waals surface area contributed by atoms with Gasteiger partial charge in [-0.05, 0) is 52.5 Å². The predicted octanol–water partition coefficient (Wildman–Crippen LogP) is 5.20. The summed E-state index contributed by atoms with van der Waals surface area (Å²) in [4.78, 5) is 11.2. The lowest BCUT2D eigenvalue weighted by Crippen LogP contribution is -2.40. The van der Waals surface area contributed by atoms with E-state index in [4.69, 9.17) is 0 Å². The Balaban J connectivity index is 2.00. The lowest BCUT2D eigenvalue weighted by molar-refractivity contribution is 0.161. The van der Waals surface area contributed by atoms with E-state index in [1.165, 1.54) is 22.3 Å². The van der Waals surface area contributed by atoms with Crippen molar-refractivity contribution in [3.63, 3.8) is 0 Å². The van der Waals surface area contributed by atoms with E-state index in [0.717, 1.165) is 24.8 Å². The number of carbonyl (C=O) groups is 1. The van der Waals surface area contributed by atoms with Gasteiger partial charge in [-0.25, -0.2) is 4.79 Å². The van der Waals surface area contributed by atoms with Crippen molar-refractivity contribution in [2.24, 2.45) is 5.41 Å². The van der Waals surface area contributed by atoms with Crippen LogP contribution in [0.5, 0.6) is 0 Å². The molecule has 2 N–H and O–H groups in total. The zero-order valence-electron chi connectivity index (χ0n) is 14.6. The van der Waals surface area contributed by atoms with Gasteiger partial charge in [0.15, 0.2) is 0 Å². The van der Waals surface area contributed by atoms with Crippen LogP contribution in [0.15, 0.2) is 42.5 Å². The van der Waals surface area contributed by atoms with E-state index in [1.54, 1.807) is 0 Å². The van der Waals surface area contributed by atoms with Crippen LogP contribution in [0.2, 0.25) is 0 Å². The van der Waals surface area contributed by atoms with E-state index in [0.29, 0.717) is 0 Å². The molecule has 2 aromatic rings. The zero-order chi connectivity index (χ0) is 17.3. The van der Waals surface area contributed by atoms with Crippen LogP contribution in [0, 0.1) is 5.41 Å². The van der Waals surface area contributed by atoms with Crippen LogP contribution < -0.4 is 5.32 Å².